The van der Waals surface area contributed by atoms with Crippen LogP contribution in [0.4, 0.5) is 0 Å². The Hall–Kier alpha value is -1.13. The molecule has 2 aliphatic carbocycles. The third kappa shape index (κ3) is 2.59. The number of carbonyl (C=O) groups excluding carboxylic acids is 1. The third-order valence-electron chi connectivity index (χ3n) is 8.05. The summed E-state index contributed by atoms with van der Waals surface area (Å²) in [5.74, 6) is 0.0907. The molecular formula is C23H34O4. The van der Waals surface area contributed by atoms with Crippen LogP contribution in [0, 0.1) is 22.7 Å². The fourth-order valence-electron chi connectivity index (χ4n) is 6.43. The van der Waals surface area contributed by atoms with Crippen molar-refractivity contribution >= 4 is 5.97 Å². The van der Waals surface area contributed by atoms with E-state index in [1.54, 1.807) is 18.3 Å². The maximum atomic E-state index is 11.3. The van der Waals surface area contributed by atoms with Crippen molar-refractivity contribution in [3.63, 3.8) is 0 Å². The van der Waals surface area contributed by atoms with Crippen LogP contribution in [-0.4, -0.2) is 31.6 Å². The number of carbonyl (C=O) groups is 1. The van der Waals surface area contributed by atoms with Crippen LogP contribution in [0.25, 0.3) is 0 Å². The van der Waals surface area contributed by atoms with Crippen molar-refractivity contribution in [1.29, 1.82) is 0 Å². The maximum Gasteiger partial charge on any atom is 0.302 e. The second kappa shape index (κ2) is 6.18. The highest BCUT2D eigenvalue weighted by Gasteiger charge is 2.66. The Morgan fingerprint density at radius 3 is 2.67 bits per heavy atom. The molecule has 1 saturated carbocycles. The summed E-state index contributed by atoms with van der Waals surface area (Å²) in [6, 6.07) is 0. The van der Waals surface area contributed by atoms with E-state index in [1.165, 1.54) is 26.2 Å². The molecule has 0 aromatic rings. The van der Waals surface area contributed by atoms with Gasteiger partial charge in [-0.1, -0.05) is 38.8 Å². The molecule has 0 aromatic heterocycles. The number of methoxy groups -OCH3 is 1. The summed E-state index contributed by atoms with van der Waals surface area (Å²) < 4.78 is 17.9. The van der Waals surface area contributed by atoms with Gasteiger partial charge in [0.2, 0.25) is 0 Å². The van der Waals surface area contributed by atoms with Gasteiger partial charge >= 0.3 is 5.97 Å². The van der Waals surface area contributed by atoms with Crippen LogP contribution in [-0.2, 0) is 19.0 Å². The maximum absolute atomic E-state index is 11.3. The Morgan fingerprint density at radius 2 is 2.04 bits per heavy atom. The standard InChI is InChI=1S/C23H34O4/c1-14(2)17-7-8-21(4)9-10-22(5)18(20(17)21)11-19-16(13-26-15(3)24)12-23(22,25-6)27-19/h12,14,18-19H,7-11,13H2,1-6H3/t18-,19-,21-,22-,23-/m1/s1. The molecule has 2 aliphatic heterocycles. The van der Waals surface area contributed by atoms with E-state index in [9.17, 15) is 4.79 Å². The first kappa shape index (κ1) is 19.2. The Labute approximate surface area is 163 Å². The normalized spacial score (nSPS) is 42.9. The van der Waals surface area contributed by atoms with Gasteiger partial charge in [-0.15, -0.1) is 0 Å². The number of hydrogen-bond donors (Lipinski definition) is 0. The van der Waals surface area contributed by atoms with Crippen molar-refractivity contribution in [3.05, 3.63) is 22.8 Å². The van der Waals surface area contributed by atoms with Gasteiger partial charge in [-0.3, -0.25) is 4.79 Å². The van der Waals surface area contributed by atoms with Gasteiger partial charge in [0.25, 0.3) is 0 Å². The molecule has 4 rings (SSSR count). The summed E-state index contributed by atoms with van der Waals surface area (Å²) in [4.78, 5) is 11.3. The average molecular weight is 375 g/mol. The molecule has 150 valence electrons. The highest BCUT2D eigenvalue weighted by atomic mass is 16.7. The lowest BCUT2D eigenvalue weighted by Gasteiger charge is -2.59. The number of fused-ring (bicyclic) bond motifs is 6. The van der Waals surface area contributed by atoms with E-state index < -0.39 is 5.79 Å². The quantitative estimate of drug-likeness (QED) is 0.524. The molecule has 0 amide bonds. The summed E-state index contributed by atoms with van der Waals surface area (Å²) in [5.41, 5.74) is 4.67. The van der Waals surface area contributed by atoms with Gasteiger partial charge < -0.3 is 14.2 Å². The number of hydrogen-bond acceptors (Lipinski definition) is 4. The highest BCUT2D eigenvalue weighted by Crippen LogP contribution is 2.68. The van der Waals surface area contributed by atoms with Crippen LogP contribution in [0.5, 0.6) is 0 Å². The predicted molar refractivity (Wildman–Crippen MR) is 104 cm³/mol. The molecule has 2 fully saturated rings. The molecule has 0 N–H and O–H groups in total. The summed E-state index contributed by atoms with van der Waals surface area (Å²) >= 11 is 0. The van der Waals surface area contributed by atoms with Crippen LogP contribution in [0.15, 0.2) is 22.8 Å². The molecule has 0 radical (unpaired) electrons. The van der Waals surface area contributed by atoms with Gasteiger partial charge in [0.05, 0.1) is 6.10 Å². The highest BCUT2D eigenvalue weighted by molar-refractivity contribution is 5.66. The molecule has 0 aromatic carbocycles. The first-order valence-electron chi connectivity index (χ1n) is 10.5. The van der Waals surface area contributed by atoms with E-state index in [4.69, 9.17) is 14.2 Å². The predicted octanol–water partition coefficient (Wildman–Crippen LogP) is 4.79. The van der Waals surface area contributed by atoms with E-state index in [-0.39, 0.29) is 17.5 Å². The van der Waals surface area contributed by atoms with E-state index in [1.807, 2.05) is 0 Å². The largest absolute Gasteiger partial charge is 0.461 e. The zero-order valence-corrected chi connectivity index (χ0v) is 17.7. The fourth-order valence-corrected chi connectivity index (χ4v) is 6.43. The molecule has 2 bridgehead atoms. The SMILES string of the molecule is CO[C@@]12C=C(COC(C)=O)[C@@H](C[C@@H]3C4=C(C(C)C)CC[C@]4(C)CC[C@]31C)O2. The summed E-state index contributed by atoms with van der Waals surface area (Å²) in [6.07, 6.45) is 7.88. The van der Waals surface area contributed by atoms with Crippen LogP contribution < -0.4 is 0 Å². The third-order valence-corrected chi connectivity index (χ3v) is 8.05. The van der Waals surface area contributed by atoms with Crippen molar-refractivity contribution in [2.45, 2.75) is 78.6 Å². The fraction of sp³-hybridized carbons (Fsp3) is 0.783. The Balaban J connectivity index is 1.77. The Kier molecular flexibility index (Phi) is 4.40. The minimum absolute atomic E-state index is 0.0220. The molecule has 0 spiro atoms. The minimum atomic E-state index is -0.713. The summed E-state index contributed by atoms with van der Waals surface area (Å²) in [6.45, 7) is 11.3. The number of ether oxygens (including phenoxy) is 3. The van der Waals surface area contributed by atoms with Crippen molar-refractivity contribution < 1.29 is 19.0 Å². The summed E-state index contributed by atoms with van der Waals surface area (Å²) in [5, 5.41) is 0. The van der Waals surface area contributed by atoms with Gasteiger partial charge in [0.1, 0.15) is 6.61 Å². The second-order valence-electron chi connectivity index (χ2n) is 9.84. The molecule has 4 heteroatoms. The smallest absolute Gasteiger partial charge is 0.302 e. The van der Waals surface area contributed by atoms with E-state index in [0.717, 1.165) is 18.4 Å². The van der Waals surface area contributed by atoms with Crippen molar-refractivity contribution in [2.75, 3.05) is 13.7 Å². The van der Waals surface area contributed by atoms with Gasteiger partial charge in [0.15, 0.2) is 5.79 Å². The van der Waals surface area contributed by atoms with E-state index in [0.29, 0.717) is 23.9 Å². The van der Waals surface area contributed by atoms with Crippen LogP contribution in [0.1, 0.15) is 66.7 Å². The first-order chi connectivity index (χ1) is 12.7. The lowest BCUT2D eigenvalue weighted by atomic mass is 9.52. The molecule has 4 aliphatic rings. The van der Waals surface area contributed by atoms with Gasteiger partial charge in [-0.25, -0.2) is 0 Å². The second-order valence-corrected chi connectivity index (χ2v) is 9.84. The van der Waals surface area contributed by atoms with Crippen molar-refractivity contribution in [1.82, 2.24) is 0 Å². The zero-order chi connectivity index (χ0) is 19.6. The number of esters is 1. The first-order valence-corrected chi connectivity index (χ1v) is 10.5. The topological polar surface area (TPSA) is 44.8 Å². The summed E-state index contributed by atoms with van der Waals surface area (Å²) in [7, 11) is 1.76. The van der Waals surface area contributed by atoms with Crippen LogP contribution in [0.3, 0.4) is 0 Å². The molecule has 27 heavy (non-hydrogen) atoms. The molecule has 4 nitrogen and oxygen atoms in total. The Bertz CT molecular complexity index is 720. The van der Waals surface area contributed by atoms with Gasteiger partial charge in [0, 0.05) is 19.4 Å². The average Bonchev–Trinajstić information content (AvgIpc) is 3.13. The molecular weight excluding hydrogens is 340 g/mol. The van der Waals surface area contributed by atoms with Crippen LogP contribution >= 0.6 is 0 Å². The molecule has 1 saturated heterocycles. The monoisotopic (exact) mass is 374 g/mol. The van der Waals surface area contributed by atoms with Crippen molar-refractivity contribution in [2.24, 2.45) is 22.7 Å². The molecule has 5 atom stereocenters. The van der Waals surface area contributed by atoms with Gasteiger partial charge in [-0.2, -0.15) is 0 Å². The minimum Gasteiger partial charge on any atom is -0.461 e. The lowest BCUT2D eigenvalue weighted by Crippen LogP contribution is -2.59. The van der Waals surface area contributed by atoms with Crippen molar-refractivity contribution in [3.8, 4) is 0 Å². The zero-order valence-electron chi connectivity index (χ0n) is 17.7. The molecule has 0 unspecified atom stereocenters. The Morgan fingerprint density at radius 1 is 1.30 bits per heavy atom. The van der Waals surface area contributed by atoms with E-state index >= 15 is 0 Å². The molecule has 2 heterocycles. The number of rotatable bonds is 4. The van der Waals surface area contributed by atoms with E-state index in [2.05, 4.69) is 33.8 Å². The lowest BCUT2D eigenvalue weighted by molar-refractivity contribution is -0.300. The van der Waals surface area contributed by atoms with Gasteiger partial charge in [-0.05, 0) is 61.0 Å². The van der Waals surface area contributed by atoms with Crippen LogP contribution in [0.2, 0.25) is 0 Å². The number of allylic oxidation sites excluding steroid dienone is 2.